The van der Waals surface area contributed by atoms with Crippen molar-refractivity contribution < 1.29 is 4.74 Å². The molecule has 9 aromatic rings. The lowest BCUT2D eigenvalue weighted by atomic mass is 9.65. The van der Waals surface area contributed by atoms with Crippen LogP contribution >= 0.6 is 0 Å². The summed E-state index contributed by atoms with van der Waals surface area (Å²) in [4.78, 5) is 2.33. The summed E-state index contributed by atoms with van der Waals surface area (Å²) >= 11 is 0. The molecule has 2 heteroatoms. The lowest BCUT2D eigenvalue weighted by molar-refractivity contribution is 0.437. The molecule has 0 saturated heterocycles. The van der Waals surface area contributed by atoms with Crippen LogP contribution in [0.15, 0.2) is 212 Å². The summed E-state index contributed by atoms with van der Waals surface area (Å²) in [5, 5.41) is 2.38. The Balaban J connectivity index is 1.05. The van der Waals surface area contributed by atoms with E-state index in [9.17, 15) is 0 Å². The lowest BCUT2D eigenvalue weighted by Gasteiger charge is -2.39. The van der Waals surface area contributed by atoms with Gasteiger partial charge in [-0.1, -0.05) is 152 Å². The first-order chi connectivity index (χ1) is 27.3. The Hall–Kier alpha value is -7.16. The van der Waals surface area contributed by atoms with Crippen molar-refractivity contribution in [3.8, 4) is 44.9 Å². The fraction of sp³-hybridized carbons (Fsp3) is 0.0189. The lowest BCUT2D eigenvalue weighted by Crippen LogP contribution is -2.32. The van der Waals surface area contributed by atoms with E-state index in [1.165, 1.54) is 66.4 Å². The highest BCUT2D eigenvalue weighted by molar-refractivity contribution is 5.94. The number of rotatable bonds is 5. The van der Waals surface area contributed by atoms with Crippen LogP contribution in [0.3, 0.4) is 0 Å². The second kappa shape index (κ2) is 12.5. The molecule has 0 fully saturated rings. The molecule has 0 aromatic heterocycles. The molecule has 0 amide bonds. The number of nitrogens with zero attached hydrogens (tertiary/aromatic N) is 1. The predicted molar refractivity (Wildman–Crippen MR) is 227 cm³/mol. The number of ether oxygens (including phenoxy) is 1. The summed E-state index contributed by atoms with van der Waals surface area (Å²) in [6.45, 7) is 0. The average Bonchev–Trinajstić information content (AvgIpc) is 3.54. The largest absolute Gasteiger partial charge is 0.457 e. The maximum atomic E-state index is 6.75. The molecule has 258 valence electrons. The summed E-state index contributed by atoms with van der Waals surface area (Å²) < 4.78 is 6.75. The number of anilines is 3. The van der Waals surface area contributed by atoms with Gasteiger partial charge in [-0.3, -0.25) is 0 Å². The van der Waals surface area contributed by atoms with E-state index in [2.05, 4.69) is 217 Å². The van der Waals surface area contributed by atoms with Crippen LogP contribution in [0.25, 0.3) is 44.2 Å². The van der Waals surface area contributed by atoms with Gasteiger partial charge in [0.1, 0.15) is 11.5 Å². The first kappa shape index (κ1) is 31.4. The Morgan fingerprint density at radius 1 is 0.309 bits per heavy atom. The fourth-order valence-corrected chi connectivity index (χ4v) is 9.03. The van der Waals surface area contributed by atoms with Crippen LogP contribution in [0.1, 0.15) is 22.3 Å². The van der Waals surface area contributed by atoms with Gasteiger partial charge in [0, 0.05) is 28.2 Å². The van der Waals surface area contributed by atoms with Crippen LogP contribution in [0.5, 0.6) is 11.5 Å². The van der Waals surface area contributed by atoms with Crippen molar-refractivity contribution in [1.29, 1.82) is 0 Å². The van der Waals surface area contributed by atoms with Gasteiger partial charge in [-0.2, -0.15) is 0 Å². The third-order valence-electron chi connectivity index (χ3n) is 11.5. The van der Waals surface area contributed by atoms with E-state index in [4.69, 9.17) is 4.74 Å². The van der Waals surface area contributed by atoms with E-state index in [0.29, 0.717) is 0 Å². The van der Waals surface area contributed by atoms with E-state index < -0.39 is 5.41 Å². The van der Waals surface area contributed by atoms with Crippen LogP contribution in [-0.2, 0) is 5.41 Å². The van der Waals surface area contributed by atoms with Gasteiger partial charge in [0.15, 0.2) is 0 Å². The molecule has 1 spiro atoms. The predicted octanol–water partition coefficient (Wildman–Crippen LogP) is 14.1. The summed E-state index contributed by atoms with van der Waals surface area (Å²) in [6, 6.07) is 76.8. The standard InChI is InChI=1S/C53H35NO/c1-3-13-36(14-4-1)37-23-28-43(29-24-37)54(42-17-5-2-6-18-42)44-30-25-38(26-31-44)41-27-32-46-45-19-9-10-20-47(45)53(49(46)33-41)48-21-11-12-22-51(48)55-52-35-40-16-8-7-15-39(40)34-50(52)53/h1-35H. The van der Waals surface area contributed by atoms with Gasteiger partial charge >= 0.3 is 0 Å². The van der Waals surface area contributed by atoms with Crippen molar-refractivity contribution >= 4 is 27.8 Å². The minimum Gasteiger partial charge on any atom is -0.457 e. The molecular weight excluding hydrogens is 667 g/mol. The molecule has 11 rings (SSSR count). The first-order valence-corrected chi connectivity index (χ1v) is 18.9. The van der Waals surface area contributed by atoms with Gasteiger partial charge in [-0.05, 0) is 116 Å². The van der Waals surface area contributed by atoms with Crippen LogP contribution in [0, 0.1) is 0 Å². The molecular formula is C53H35NO. The third kappa shape index (κ3) is 4.89. The molecule has 1 unspecified atom stereocenters. The molecule has 9 aromatic carbocycles. The van der Waals surface area contributed by atoms with E-state index in [1.807, 2.05) is 0 Å². The summed E-state index contributed by atoms with van der Waals surface area (Å²) in [5.74, 6) is 1.81. The summed E-state index contributed by atoms with van der Waals surface area (Å²) in [5.41, 5.74) is 15.0. The van der Waals surface area contributed by atoms with Gasteiger partial charge in [-0.15, -0.1) is 0 Å². The zero-order chi connectivity index (χ0) is 36.3. The highest BCUT2D eigenvalue weighted by Crippen LogP contribution is 2.62. The number of hydrogen-bond acceptors (Lipinski definition) is 2. The van der Waals surface area contributed by atoms with Gasteiger partial charge in [0.05, 0.1) is 5.41 Å². The van der Waals surface area contributed by atoms with Gasteiger partial charge < -0.3 is 9.64 Å². The molecule has 55 heavy (non-hydrogen) atoms. The van der Waals surface area contributed by atoms with Crippen molar-refractivity contribution in [2.24, 2.45) is 0 Å². The molecule has 1 heterocycles. The quantitative estimate of drug-likeness (QED) is 0.177. The van der Waals surface area contributed by atoms with Crippen molar-refractivity contribution in [3.63, 3.8) is 0 Å². The van der Waals surface area contributed by atoms with E-state index in [1.54, 1.807) is 0 Å². The molecule has 1 aliphatic heterocycles. The molecule has 2 aliphatic rings. The third-order valence-corrected chi connectivity index (χ3v) is 11.5. The van der Waals surface area contributed by atoms with Crippen LogP contribution in [-0.4, -0.2) is 0 Å². The Labute approximate surface area is 321 Å². The highest BCUT2D eigenvalue weighted by Gasteiger charge is 2.51. The van der Waals surface area contributed by atoms with Gasteiger partial charge in [-0.25, -0.2) is 0 Å². The molecule has 2 nitrogen and oxygen atoms in total. The zero-order valence-corrected chi connectivity index (χ0v) is 30.1. The Morgan fingerprint density at radius 3 is 1.55 bits per heavy atom. The SMILES string of the molecule is c1ccc(-c2ccc(N(c3ccccc3)c3ccc(-c4ccc5c(c4)C4(c6ccccc6Oc6cc7ccccc7cc64)c4ccccc4-5)cc3)cc2)cc1. The van der Waals surface area contributed by atoms with Crippen LogP contribution < -0.4 is 9.64 Å². The van der Waals surface area contributed by atoms with Gasteiger partial charge in [0.2, 0.25) is 0 Å². The maximum absolute atomic E-state index is 6.75. The zero-order valence-electron chi connectivity index (χ0n) is 30.1. The molecule has 0 radical (unpaired) electrons. The molecule has 0 N–H and O–H groups in total. The highest BCUT2D eigenvalue weighted by atomic mass is 16.5. The van der Waals surface area contributed by atoms with Crippen molar-refractivity contribution in [2.75, 3.05) is 4.90 Å². The minimum atomic E-state index is -0.536. The van der Waals surface area contributed by atoms with Crippen LogP contribution in [0.4, 0.5) is 17.1 Å². The van der Waals surface area contributed by atoms with E-state index in [-0.39, 0.29) is 0 Å². The second-order valence-electron chi connectivity index (χ2n) is 14.5. The Kier molecular flexibility index (Phi) is 7.11. The Bertz CT molecular complexity index is 2880. The smallest absolute Gasteiger partial charge is 0.132 e. The average molecular weight is 702 g/mol. The summed E-state index contributed by atoms with van der Waals surface area (Å²) in [7, 11) is 0. The maximum Gasteiger partial charge on any atom is 0.132 e. The van der Waals surface area contributed by atoms with Crippen LogP contribution in [0.2, 0.25) is 0 Å². The number of benzene rings is 9. The number of hydrogen-bond donors (Lipinski definition) is 0. The summed E-state index contributed by atoms with van der Waals surface area (Å²) in [6.07, 6.45) is 0. The van der Waals surface area contributed by atoms with Crippen molar-refractivity contribution in [3.05, 3.63) is 235 Å². The molecule has 0 bridgehead atoms. The van der Waals surface area contributed by atoms with E-state index in [0.717, 1.165) is 28.6 Å². The number of fused-ring (bicyclic) bond motifs is 10. The monoisotopic (exact) mass is 701 g/mol. The second-order valence-corrected chi connectivity index (χ2v) is 14.5. The topological polar surface area (TPSA) is 12.5 Å². The minimum absolute atomic E-state index is 0.536. The van der Waals surface area contributed by atoms with Gasteiger partial charge in [0.25, 0.3) is 0 Å². The normalized spacial score (nSPS) is 14.8. The van der Waals surface area contributed by atoms with Crippen molar-refractivity contribution in [1.82, 2.24) is 0 Å². The Morgan fingerprint density at radius 2 is 0.818 bits per heavy atom. The van der Waals surface area contributed by atoms with Crippen molar-refractivity contribution in [2.45, 2.75) is 5.41 Å². The first-order valence-electron chi connectivity index (χ1n) is 18.9. The van der Waals surface area contributed by atoms with E-state index >= 15 is 0 Å². The fourth-order valence-electron chi connectivity index (χ4n) is 9.03. The molecule has 0 saturated carbocycles. The molecule has 1 aliphatic carbocycles. The number of para-hydroxylation sites is 2. The molecule has 1 atom stereocenters.